The molecule has 5 rings (SSSR count). The molecule has 1 atom stereocenters. The summed E-state index contributed by atoms with van der Waals surface area (Å²) in [6.45, 7) is 4.69. The third-order valence-corrected chi connectivity index (χ3v) is 8.01. The summed E-state index contributed by atoms with van der Waals surface area (Å²) in [6, 6.07) is 7.31. The molecule has 0 spiro atoms. The highest BCUT2D eigenvalue weighted by Crippen LogP contribution is 2.42. The molecule has 0 nitrogen and oxygen atoms in total. The quantitative estimate of drug-likeness (QED) is 0.458. The van der Waals surface area contributed by atoms with Crippen LogP contribution in [0.4, 0.5) is 0 Å². The van der Waals surface area contributed by atoms with E-state index in [1.54, 1.807) is 5.56 Å². The molecule has 0 radical (unpaired) electrons. The van der Waals surface area contributed by atoms with Gasteiger partial charge in [-0.05, 0) is 103 Å². The molecule has 4 aliphatic rings. The summed E-state index contributed by atoms with van der Waals surface area (Å²) in [5, 5.41) is 0. The topological polar surface area (TPSA) is 0 Å². The molecule has 1 aromatic rings. The smallest absolute Gasteiger partial charge is 0.0281 e. The van der Waals surface area contributed by atoms with Gasteiger partial charge in [-0.3, -0.25) is 0 Å². The van der Waals surface area contributed by atoms with Gasteiger partial charge in [-0.15, -0.1) is 0 Å². The fraction of sp³-hybridized carbons (Fsp3) is 0.419. The minimum Gasteiger partial charge on any atom is -0.0836 e. The molecule has 31 heavy (non-hydrogen) atoms. The van der Waals surface area contributed by atoms with E-state index in [0.717, 1.165) is 18.3 Å². The van der Waals surface area contributed by atoms with Crippen LogP contribution in [0.1, 0.15) is 74.5 Å². The summed E-state index contributed by atoms with van der Waals surface area (Å²) in [7, 11) is 0. The van der Waals surface area contributed by atoms with Gasteiger partial charge in [0.05, 0.1) is 0 Å². The molecule has 0 heteroatoms. The first-order valence-electron chi connectivity index (χ1n) is 12.5. The van der Waals surface area contributed by atoms with Crippen LogP contribution in [0.2, 0.25) is 0 Å². The van der Waals surface area contributed by atoms with Crippen LogP contribution in [-0.4, -0.2) is 0 Å². The standard InChI is InChI=1S/C31H36/c1-3-23-12-15-26(16-13-23)28-18-14-24(20-22(28)2)21-27-17-19-30(25-8-5-4-6-9-25)31-11-7-10-29(27)31/h5,7-11,14,17-20,23,26,31H,3-4,6,12-13,15-16,21H2,1-2H3. The zero-order chi connectivity index (χ0) is 21.2. The molecule has 0 amide bonds. The lowest BCUT2D eigenvalue weighted by Crippen LogP contribution is -2.14. The number of benzene rings is 1. The molecule has 1 fully saturated rings. The summed E-state index contributed by atoms with van der Waals surface area (Å²) in [6.07, 6.45) is 29.1. The van der Waals surface area contributed by atoms with E-state index in [1.165, 1.54) is 78.4 Å². The Morgan fingerprint density at radius 3 is 2.55 bits per heavy atom. The normalized spacial score (nSPS) is 27.4. The molecule has 1 aromatic carbocycles. The van der Waals surface area contributed by atoms with Gasteiger partial charge in [0.2, 0.25) is 0 Å². The van der Waals surface area contributed by atoms with E-state index in [9.17, 15) is 0 Å². The van der Waals surface area contributed by atoms with Crippen LogP contribution in [0.3, 0.4) is 0 Å². The Bertz CT molecular complexity index is 1010. The Hall–Kier alpha value is -2.34. The van der Waals surface area contributed by atoms with Gasteiger partial charge in [0.1, 0.15) is 0 Å². The van der Waals surface area contributed by atoms with Crippen molar-refractivity contribution >= 4 is 0 Å². The first-order valence-corrected chi connectivity index (χ1v) is 12.5. The molecule has 1 saturated carbocycles. The maximum atomic E-state index is 2.46. The van der Waals surface area contributed by atoms with Crippen molar-refractivity contribution in [1.29, 1.82) is 0 Å². The van der Waals surface area contributed by atoms with Gasteiger partial charge in [-0.1, -0.05) is 80.2 Å². The van der Waals surface area contributed by atoms with E-state index in [4.69, 9.17) is 0 Å². The average molecular weight is 409 g/mol. The molecular formula is C31H36. The Kier molecular flexibility index (Phi) is 5.99. The summed E-state index contributed by atoms with van der Waals surface area (Å²) in [5.74, 6) is 2.18. The molecule has 1 unspecified atom stereocenters. The van der Waals surface area contributed by atoms with Crippen LogP contribution in [-0.2, 0) is 6.42 Å². The van der Waals surface area contributed by atoms with Gasteiger partial charge in [0.25, 0.3) is 0 Å². The van der Waals surface area contributed by atoms with Crippen LogP contribution in [0, 0.1) is 18.8 Å². The summed E-state index contributed by atoms with van der Waals surface area (Å²) in [4.78, 5) is 0. The van der Waals surface area contributed by atoms with Gasteiger partial charge < -0.3 is 0 Å². The van der Waals surface area contributed by atoms with Crippen LogP contribution >= 0.6 is 0 Å². The second-order valence-electron chi connectivity index (χ2n) is 9.93. The Morgan fingerprint density at radius 1 is 0.935 bits per heavy atom. The third-order valence-electron chi connectivity index (χ3n) is 8.01. The maximum absolute atomic E-state index is 2.46. The van der Waals surface area contributed by atoms with Gasteiger partial charge in [-0.2, -0.15) is 0 Å². The van der Waals surface area contributed by atoms with Gasteiger partial charge in [0, 0.05) is 5.92 Å². The number of rotatable bonds is 5. The fourth-order valence-corrected chi connectivity index (χ4v) is 6.12. The van der Waals surface area contributed by atoms with E-state index in [1.807, 2.05) is 0 Å². The molecule has 0 aliphatic heterocycles. The predicted octanol–water partition coefficient (Wildman–Crippen LogP) is 8.48. The van der Waals surface area contributed by atoms with Crippen LogP contribution < -0.4 is 0 Å². The largest absolute Gasteiger partial charge is 0.0836 e. The minimum atomic E-state index is 0.433. The van der Waals surface area contributed by atoms with Crippen molar-refractivity contribution in [1.82, 2.24) is 0 Å². The monoisotopic (exact) mass is 408 g/mol. The Labute approximate surface area is 188 Å². The van der Waals surface area contributed by atoms with Crippen LogP contribution in [0.25, 0.3) is 0 Å². The number of allylic oxidation sites excluding steroid dienone is 12. The summed E-state index contributed by atoms with van der Waals surface area (Å²) < 4.78 is 0. The number of hydrogen-bond donors (Lipinski definition) is 0. The summed E-state index contributed by atoms with van der Waals surface area (Å²) in [5.41, 5.74) is 10.4. The lowest BCUT2D eigenvalue weighted by Gasteiger charge is -2.29. The molecule has 0 bridgehead atoms. The van der Waals surface area contributed by atoms with E-state index < -0.39 is 0 Å². The molecule has 0 heterocycles. The van der Waals surface area contributed by atoms with Crippen LogP contribution in [0.5, 0.6) is 0 Å². The molecule has 0 saturated heterocycles. The first kappa shape index (κ1) is 20.6. The van der Waals surface area contributed by atoms with Gasteiger partial charge in [0.15, 0.2) is 0 Å². The Balaban J connectivity index is 1.34. The molecule has 4 aliphatic carbocycles. The predicted molar refractivity (Wildman–Crippen MR) is 133 cm³/mol. The zero-order valence-corrected chi connectivity index (χ0v) is 19.2. The molecule has 0 N–H and O–H groups in total. The van der Waals surface area contributed by atoms with Crippen molar-refractivity contribution in [2.24, 2.45) is 11.8 Å². The fourth-order valence-electron chi connectivity index (χ4n) is 6.12. The van der Waals surface area contributed by atoms with E-state index >= 15 is 0 Å². The van der Waals surface area contributed by atoms with Crippen molar-refractivity contribution in [2.75, 3.05) is 0 Å². The van der Waals surface area contributed by atoms with Crippen molar-refractivity contribution in [3.8, 4) is 0 Å². The van der Waals surface area contributed by atoms with Crippen molar-refractivity contribution in [2.45, 2.75) is 71.1 Å². The van der Waals surface area contributed by atoms with Gasteiger partial charge in [-0.25, -0.2) is 0 Å². The molecular weight excluding hydrogens is 372 g/mol. The van der Waals surface area contributed by atoms with E-state index in [2.05, 4.69) is 80.7 Å². The highest BCUT2D eigenvalue weighted by Gasteiger charge is 2.27. The van der Waals surface area contributed by atoms with Crippen molar-refractivity contribution < 1.29 is 0 Å². The molecule has 160 valence electrons. The maximum Gasteiger partial charge on any atom is 0.0281 e. The first-order chi connectivity index (χ1) is 15.2. The van der Waals surface area contributed by atoms with E-state index in [-0.39, 0.29) is 0 Å². The second-order valence-corrected chi connectivity index (χ2v) is 9.93. The number of hydrogen-bond acceptors (Lipinski definition) is 0. The minimum absolute atomic E-state index is 0.433. The van der Waals surface area contributed by atoms with Crippen molar-refractivity contribution in [3.63, 3.8) is 0 Å². The third kappa shape index (κ3) is 4.22. The SMILES string of the molecule is CCC1CCC(c2ccc(CC3=CC=C(C4=CCCC=C4)C4C=CC=C34)cc2C)CC1. The average Bonchev–Trinajstić information content (AvgIpc) is 3.31. The van der Waals surface area contributed by atoms with Crippen LogP contribution in [0.15, 0.2) is 89.1 Å². The highest BCUT2D eigenvalue weighted by atomic mass is 14.3. The second kappa shape index (κ2) is 9.03. The lowest BCUT2D eigenvalue weighted by atomic mass is 9.76. The Morgan fingerprint density at radius 2 is 1.81 bits per heavy atom. The highest BCUT2D eigenvalue weighted by molar-refractivity contribution is 5.60. The molecule has 0 aromatic heterocycles. The lowest BCUT2D eigenvalue weighted by molar-refractivity contribution is 0.318. The summed E-state index contributed by atoms with van der Waals surface area (Å²) >= 11 is 0. The number of aryl methyl sites for hydroxylation is 1. The zero-order valence-electron chi connectivity index (χ0n) is 19.2. The van der Waals surface area contributed by atoms with Crippen molar-refractivity contribution in [3.05, 3.63) is 106 Å². The van der Waals surface area contributed by atoms with Gasteiger partial charge >= 0.3 is 0 Å². The number of fused-ring (bicyclic) bond motifs is 1. The van der Waals surface area contributed by atoms with E-state index in [0.29, 0.717) is 5.92 Å².